The fourth-order valence-corrected chi connectivity index (χ4v) is 4.90. The van der Waals surface area contributed by atoms with Gasteiger partial charge in [-0.15, -0.1) is 46.4 Å². The summed E-state index contributed by atoms with van der Waals surface area (Å²) >= 11 is 22.1. The van der Waals surface area contributed by atoms with Crippen LogP contribution in [0.15, 0.2) is 0 Å². The third-order valence-electron chi connectivity index (χ3n) is 2.89. The molecule has 0 aliphatic carbocycles. The highest BCUT2D eigenvalue weighted by molar-refractivity contribution is 7.54. The first kappa shape index (κ1) is 23.2. The van der Waals surface area contributed by atoms with Crippen LogP contribution in [0.3, 0.4) is 0 Å². The Kier molecular flexibility index (Phi) is 15.4. The molecule has 22 heavy (non-hydrogen) atoms. The maximum atomic E-state index is 12.2. The minimum atomic E-state index is -2.84. The molecule has 5 nitrogen and oxygen atoms in total. The van der Waals surface area contributed by atoms with Crippen molar-refractivity contribution in [2.45, 2.75) is 6.42 Å². The summed E-state index contributed by atoms with van der Waals surface area (Å²) in [6, 6.07) is 0. The van der Waals surface area contributed by atoms with Crippen LogP contribution in [-0.2, 0) is 9.09 Å². The molecule has 1 rings (SSSR count). The molecule has 0 aromatic heterocycles. The summed E-state index contributed by atoms with van der Waals surface area (Å²) in [6.07, 6.45) is 0.888. The summed E-state index contributed by atoms with van der Waals surface area (Å²) in [5, 5.41) is 2.91. The summed E-state index contributed by atoms with van der Waals surface area (Å²) in [7, 11) is -0.837. The normalized spacial score (nSPS) is 21.8. The molecule has 10 heteroatoms. The van der Waals surface area contributed by atoms with Crippen LogP contribution in [0.4, 0.5) is 0 Å². The summed E-state index contributed by atoms with van der Waals surface area (Å²) in [4.78, 5) is 2.10. The maximum Gasteiger partial charge on any atom is 0.343 e. The van der Waals surface area contributed by atoms with E-state index in [-0.39, 0.29) is 0 Å². The lowest BCUT2D eigenvalue weighted by molar-refractivity contribution is 0.233. The van der Waals surface area contributed by atoms with Crippen LogP contribution in [-0.4, -0.2) is 79.5 Å². The van der Waals surface area contributed by atoms with Gasteiger partial charge in [-0.05, 0) is 13.5 Å². The Morgan fingerprint density at radius 3 is 1.86 bits per heavy atom. The Hall–Kier alpha value is 1.23. The predicted molar refractivity (Wildman–Crippen MR) is 98.1 cm³/mol. The molecule has 0 radical (unpaired) electrons. The Morgan fingerprint density at radius 2 is 1.50 bits per heavy atom. The van der Waals surface area contributed by atoms with Gasteiger partial charge in [0.1, 0.15) is 0 Å². The van der Waals surface area contributed by atoms with Crippen molar-refractivity contribution >= 4 is 54.1 Å². The Morgan fingerprint density at radius 1 is 1.00 bits per heavy atom. The zero-order chi connectivity index (χ0) is 16.8. The molecule has 0 aromatic rings. The Balaban J connectivity index is 0.000000472. The monoisotopic (exact) mass is 415 g/mol. The molecule has 0 saturated carbocycles. The summed E-state index contributed by atoms with van der Waals surface area (Å²) in [6.45, 7) is 4.16. The van der Waals surface area contributed by atoms with Crippen molar-refractivity contribution in [1.29, 1.82) is 0 Å². The van der Waals surface area contributed by atoms with Crippen LogP contribution in [0.5, 0.6) is 0 Å². The molecule has 1 aliphatic rings. The van der Waals surface area contributed by atoms with Gasteiger partial charge in [-0.1, -0.05) is 0 Å². The van der Waals surface area contributed by atoms with Crippen molar-refractivity contribution in [3.63, 3.8) is 0 Å². The second-order valence-corrected chi connectivity index (χ2v) is 8.32. The summed E-state index contributed by atoms with van der Waals surface area (Å²) < 4.78 is 19.2. The number of alkyl halides is 4. The van der Waals surface area contributed by atoms with Crippen molar-refractivity contribution in [2.24, 2.45) is 0 Å². The van der Waals surface area contributed by atoms with E-state index in [0.717, 1.165) is 26.1 Å². The molecular formula is C12H26Cl4N3O2P. The summed E-state index contributed by atoms with van der Waals surface area (Å²) in [5.74, 6) is 2.22. The van der Waals surface area contributed by atoms with E-state index in [0.29, 0.717) is 43.2 Å². The number of halogens is 4. The van der Waals surface area contributed by atoms with E-state index >= 15 is 0 Å². The molecule has 0 amide bonds. The third kappa shape index (κ3) is 10.2. The molecule has 1 fully saturated rings. The highest BCUT2D eigenvalue weighted by Crippen LogP contribution is 2.47. The van der Waals surface area contributed by atoms with Crippen molar-refractivity contribution in [1.82, 2.24) is 14.7 Å². The van der Waals surface area contributed by atoms with E-state index in [1.165, 1.54) is 0 Å². The van der Waals surface area contributed by atoms with Crippen LogP contribution in [0.1, 0.15) is 6.42 Å². The van der Waals surface area contributed by atoms with Gasteiger partial charge in [-0.2, -0.15) is 0 Å². The molecule has 1 atom stereocenters. The van der Waals surface area contributed by atoms with Gasteiger partial charge in [0.05, 0.1) is 6.61 Å². The van der Waals surface area contributed by atoms with Crippen LogP contribution >= 0.6 is 54.1 Å². The molecule has 1 unspecified atom stereocenters. The molecule has 0 spiro atoms. The predicted octanol–water partition coefficient (Wildman–Crippen LogP) is 3.28. The first-order valence-electron chi connectivity index (χ1n) is 7.21. The van der Waals surface area contributed by atoms with Crippen molar-refractivity contribution in [3.8, 4) is 0 Å². The van der Waals surface area contributed by atoms with Gasteiger partial charge in [-0.25, -0.2) is 9.76 Å². The number of nitrogens with zero attached hydrogens (tertiary/aromatic N) is 2. The minimum absolute atomic E-state index is 0.423. The Labute approximate surface area is 154 Å². The van der Waals surface area contributed by atoms with E-state index in [9.17, 15) is 4.57 Å². The van der Waals surface area contributed by atoms with Crippen LogP contribution in [0.25, 0.3) is 0 Å². The summed E-state index contributed by atoms with van der Waals surface area (Å²) in [5.41, 5.74) is 0. The first-order chi connectivity index (χ1) is 10.5. The second kappa shape index (κ2) is 14.6. The third-order valence-corrected chi connectivity index (χ3v) is 5.87. The zero-order valence-electron chi connectivity index (χ0n) is 12.9. The fourth-order valence-electron chi connectivity index (χ4n) is 1.68. The van der Waals surface area contributed by atoms with E-state index in [1.54, 1.807) is 4.67 Å². The minimum Gasteiger partial charge on any atom is -0.306 e. The number of hydrogen-bond donors (Lipinski definition) is 1. The lowest BCUT2D eigenvalue weighted by atomic mass is 10.5. The highest BCUT2D eigenvalue weighted by atomic mass is 35.5. The van der Waals surface area contributed by atoms with Gasteiger partial charge in [0.15, 0.2) is 0 Å². The number of hydrogen-bond acceptors (Lipinski definition) is 3. The van der Waals surface area contributed by atoms with Gasteiger partial charge >= 0.3 is 7.67 Å². The standard InChI is InChI=1S/C7H15Cl2N2O2P.C5H11Cl2N/c8-2-5-11(6-3-9)14(12)10-4-1-7-13-14;1-8(4-2-6)5-3-7/h1-7H2,(H,10,12);2-5H2,1H3. The topological polar surface area (TPSA) is 44.8 Å². The van der Waals surface area contributed by atoms with E-state index in [4.69, 9.17) is 50.9 Å². The quantitative estimate of drug-likeness (QED) is 0.461. The SMILES string of the molecule is CN(CCCl)CCCl.O=P1(N(CCCl)CCCl)NCCCO1. The van der Waals surface area contributed by atoms with Crippen molar-refractivity contribution < 1.29 is 9.09 Å². The molecule has 0 bridgehead atoms. The van der Waals surface area contributed by atoms with Crippen LogP contribution < -0.4 is 5.09 Å². The maximum absolute atomic E-state index is 12.2. The van der Waals surface area contributed by atoms with E-state index in [2.05, 4.69) is 9.99 Å². The zero-order valence-corrected chi connectivity index (χ0v) is 16.9. The van der Waals surface area contributed by atoms with Gasteiger partial charge in [-0.3, -0.25) is 4.57 Å². The number of rotatable bonds is 9. The highest BCUT2D eigenvalue weighted by Gasteiger charge is 2.32. The lowest BCUT2D eigenvalue weighted by Gasteiger charge is -2.33. The van der Waals surface area contributed by atoms with Crippen LogP contribution in [0, 0.1) is 0 Å². The van der Waals surface area contributed by atoms with Gasteiger partial charge in [0.2, 0.25) is 0 Å². The first-order valence-corrected chi connectivity index (χ1v) is 10.9. The molecule has 1 saturated heterocycles. The largest absolute Gasteiger partial charge is 0.343 e. The van der Waals surface area contributed by atoms with Crippen LogP contribution in [0.2, 0.25) is 0 Å². The van der Waals surface area contributed by atoms with E-state index < -0.39 is 7.67 Å². The van der Waals surface area contributed by atoms with E-state index in [1.807, 2.05) is 7.05 Å². The Bertz CT molecular complexity index is 294. The number of nitrogens with one attached hydrogen (secondary N) is 1. The lowest BCUT2D eigenvalue weighted by Crippen LogP contribution is -2.35. The molecular weight excluding hydrogens is 391 g/mol. The molecule has 1 aliphatic heterocycles. The van der Waals surface area contributed by atoms with Gasteiger partial charge < -0.3 is 9.42 Å². The fraction of sp³-hybridized carbons (Fsp3) is 1.00. The smallest absolute Gasteiger partial charge is 0.306 e. The van der Waals surface area contributed by atoms with Crippen molar-refractivity contribution in [2.75, 3.05) is 69.9 Å². The van der Waals surface area contributed by atoms with Gasteiger partial charge in [0, 0.05) is 56.2 Å². The molecule has 134 valence electrons. The average molecular weight is 417 g/mol. The molecule has 1 heterocycles. The molecule has 0 aromatic carbocycles. The second-order valence-electron chi connectivity index (χ2n) is 4.63. The average Bonchev–Trinajstić information content (AvgIpc) is 2.49. The van der Waals surface area contributed by atoms with Crippen molar-refractivity contribution in [3.05, 3.63) is 0 Å². The molecule has 1 N–H and O–H groups in total. The van der Waals surface area contributed by atoms with Gasteiger partial charge in [0.25, 0.3) is 0 Å².